The van der Waals surface area contributed by atoms with Crippen molar-refractivity contribution in [3.8, 4) is 0 Å². The lowest BCUT2D eigenvalue weighted by Crippen LogP contribution is -2.06. The van der Waals surface area contributed by atoms with Crippen molar-refractivity contribution in [2.45, 2.75) is 31.9 Å². The van der Waals surface area contributed by atoms with Crippen molar-refractivity contribution in [3.05, 3.63) is 51.9 Å². The number of benzene rings is 1. The highest BCUT2D eigenvalue weighted by molar-refractivity contribution is 9.10. The average molecular weight is 348 g/mol. The minimum atomic E-state index is 0.545. The van der Waals surface area contributed by atoms with Crippen LogP contribution in [0.2, 0.25) is 0 Å². The molecule has 0 radical (unpaired) electrons. The van der Waals surface area contributed by atoms with E-state index in [1.54, 1.807) is 7.11 Å². The van der Waals surface area contributed by atoms with Crippen LogP contribution in [0.1, 0.15) is 35.7 Å². The summed E-state index contributed by atoms with van der Waals surface area (Å²) in [7, 11) is 1.72. The highest BCUT2D eigenvalue weighted by atomic mass is 79.9. The Balaban J connectivity index is 1.72. The maximum absolute atomic E-state index is 5.24. The summed E-state index contributed by atoms with van der Waals surface area (Å²) in [5.41, 5.74) is 2.42. The molecule has 3 rings (SSSR count). The van der Waals surface area contributed by atoms with E-state index in [4.69, 9.17) is 4.74 Å². The van der Waals surface area contributed by atoms with Gasteiger partial charge in [-0.1, -0.05) is 24.3 Å². The number of rotatable bonds is 6. The van der Waals surface area contributed by atoms with E-state index in [1.165, 1.54) is 24.0 Å². The molecule has 5 heteroatoms. The molecule has 1 heterocycles. The first kappa shape index (κ1) is 14.5. The lowest BCUT2D eigenvalue weighted by molar-refractivity contribution is 0.184. The second-order valence-corrected chi connectivity index (χ2v) is 6.08. The number of nitrogens with zero attached hydrogens (tertiary/aromatic N) is 2. The number of aromatic nitrogens is 2. The van der Waals surface area contributed by atoms with E-state index in [9.17, 15) is 0 Å². The van der Waals surface area contributed by atoms with Crippen molar-refractivity contribution in [3.63, 3.8) is 0 Å². The lowest BCUT2D eigenvalue weighted by atomic mass is 10.1. The van der Waals surface area contributed by atoms with Gasteiger partial charge in [-0.05, 0) is 39.9 Å². The van der Waals surface area contributed by atoms with Crippen LogP contribution in [0, 0.1) is 0 Å². The molecular weight excluding hydrogens is 330 g/mol. The Labute approximate surface area is 133 Å². The van der Waals surface area contributed by atoms with E-state index in [0.717, 1.165) is 22.8 Å². The highest BCUT2D eigenvalue weighted by Crippen LogP contribution is 2.38. The molecule has 1 N–H and O–H groups in total. The standard InChI is InChI=1S/C16H18BrN3O/c1-21-10-13-5-3-2-4-12(13)9-18-15-8-14(17)19-16(20-15)11-6-7-11/h2-5,8,11H,6-7,9-10H2,1H3,(H,18,19,20). The fraction of sp³-hybridized carbons (Fsp3) is 0.375. The molecule has 1 aliphatic rings. The largest absolute Gasteiger partial charge is 0.380 e. The Kier molecular flexibility index (Phi) is 4.51. The van der Waals surface area contributed by atoms with E-state index in [0.29, 0.717) is 12.5 Å². The fourth-order valence-electron chi connectivity index (χ4n) is 2.26. The van der Waals surface area contributed by atoms with Crippen LogP contribution < -0.4 is 5.32 Å². The van der Waals surface area contributed by atoms with Crippen molar-refractivity contribution >= 4 is 21.7 Å². The Hall–Kier alpha value is -1.46. The first-order chi connectivity index (χ1) is 10.3. The molecule has 4 nitrogen and oxygen atoms in total. The zero-order valence-corrected chi connectivity index (χ0v) is 13.6. The van der Waals surface area contributed by atoms with Crippen molar-refractivity contribution in [2.75, 3.05) is 12.4 Å². The monoisotopic (exact) mass is 347 g/mol. The molecule has 1 aromatic heterocycles. The van der Waals surface area contributed by atoms with Gasteiger partial charge in [0.1, 0.15) is 16.2 Å². The third kappa shape index (κ3) is 3.80. The predicted octanol–water partition coefficient (Wildman–Crippen LogP) is 3.88. The molecule has 0 spiro atoms. The molecule has 0 atom stereocenters. The molecule has 0 amide bonds. The van der Waals surface area contributed by atoms with Gasteiger partial charge in [-0.15, -0.1) is 0 Å². The zero-order valence-electron chi connectivity index (χ0n) is 12.0. The third-order valence-electron chi connectivity index (χ3n) is 3.53. The second-order valence-electron chi connectivity index (χ2n) is 5.26. The van der Waals surface area contributed by atoms with Gasteiger partial charge in [0.15, 0.2) is 0 Å². The van der Waals surface area contributed by atoms with Crippen molar-refractivity contribution < 1.29 is 4.74 Å². The molecule has 0 unspecified atom stereocenters. The second kappa shape index (κ2) is 6.54. The first-order valence-electron chi connectivity index (χ1n) is 7.10. The molecule has 0 saturated heterocycles. The summed E-state index contributed by atoms with van der Waals surface area (Å²) in [5.74, 6) is 2.35. The number of halogens is 1. The van der Waals surface area contributed by atoms with Crippen LogP contribution >= 0.6 is 15.9 Å². The Morgan fingerprint density at radius 2 is 2.00 bits per heavy atom. The topological polar surface area (TPSA) is 47.0 Å². The number of anilines is 1. The normalized spacial score (nSPS) is 14.2. The van der Waals surface area contributed by atoms with Crippen molar-refractivity contribution in [1.82, 2.24) is 9.97 Å². The van der Waals surface area contributed by atoms with Crippen molar-refractivity contribution in [1.29, 1.82) is 0 Å². The summed E-state index contributed by atoms with van der Waals surface area (Å²) in [5, 5.41) is 3.39. The van der Waals surface area contributed by atoms with Crippen LogP contribution in [0.4, 0.5) is 5.82 Å². The highest BCUT2D eigenvalue weighted by Gasteiger charge is 2.27. The molecule has 1 aromatic carbocycles. The van der Waals surface area contributed by atoms with Crippen LogP contribution in [0.5, 0.6) is 0 Å². The van der Waals surface area contributed by atoms with Crippen LogP contribution in [0.3, 0.4) is 0 Å². The van der Waals surface area contributed by atoms with Gasteiger partial charge in [0, 0.05) is 25.6 Å². The molecule has 0 aliphatic heterocycles. The molecule has 2 aromatic rings. The molecule has 1 fully saturated rings. The number of hydrogen-bond donors (Lipinski definition) is 1. The van der Waals surface area contributed by atoms with Crippen LogP contribution in [0.25, 0.3) is 0 Å². The van der Waals surface area contributed by atoms with E-state index < -0.39 is 0 Å². The number of hydrogen-bond acceptors (Lipinski definition) is 4. The van der Waals surface area contributed by atoms with Gasteiger partial charge in [-0.2, -0.15) is 0 Å². The summed E-state index contributed by atoms with van der Waals surface area (Å²) in [6.45, 7) is 1.35. The number of nitrogens with one attached hydrogen (secondary N) is 1. The third-order valence-corrected chi connectivity index (χ3v) is 3.94. The molecule has 1 saturated carbocycles. The van der Waals surface area contributed by atoms with E-state index in [-0.39, 0.29) is 0 Å². The quantitative estimate of drug-likeness (QED) is 0.805. The Morgan fingerprint density at radius 1 is 1.24 bits per heavy atom. The van der Waals surface area contributed by atoms with Gasteiger partial charge in [-0.25, -0.2) is 9.97 Å². The SMILES string of the molecule is COCc1ccccc1CNc1cc(Br)nc(C2CC2)n1. The smallest absolute Gasteiger partial charge is 0.135 e. The minimum absolute atomic E-state index is 0.545. The zero-order chi connectivity index (χ0) is 14.7. The summed E-state index contributed by atoms with van der Waals surface area (Å²) in [6.07, 6.45) is 2.40. The molecule has 0 bridgehead atoms. The average Bonchev–Trinajstić information content (AvgIpc) is 3.31. The maximum Gasteiger partial charge on any atom is 0.135 e. The summed E-state index contributed by atoms with van der Waals surface area (Å²) in [4.78, 5) is 9.05. The molecule has 1 aliphatic carbocycles. The Bertz CT molecular complexity index is 629. The van der Waals surface area contributed by atoms with Gasteiger partial charge in [0.2, 0.25) is 0 Å². The van der Waals surface area contributed by atoms with Gasteiger partial charge in [0.05, 0.1) is 6.61 Å². The molecule has 21 heavy (non-hydrogen) atoms. The van der Waals surface area contributed by atoms with Crippen LogP contribution in [-0.4, -0.2) is 17.1 Å². The molecular formula is C16H18BrN3O. The van der Waals surface area contributed by atoms with Crippen molar-refractivity contribution in [2.24, 2.45) is 0 Å². The van der Waals surface area contributed by atoms with E-state index >= 15 is 0 Å². The first-order valence-corrected chi connectivity index (χ1v) is 7.89. The summed E-state index contributed by atoms with van der Waals surface area (Å²) in [6, 6.07) is 10.2. The van der Waals surface area contributed by atoms with Gasteiger partial charge in [-0.3, -0.25) is 0 Å². The number of methoxy groups -OCH3 is 1. The summed E-state index contributed by atoms with van der Waals surface area (Å²) < 4.78 is 6.08. The van der Waals surface area contributed by atoms with Crippen LogP contribution in [-0.2, 0) is 17.9 Å². The van der Waals surface area contributed by atoms with Gasteiger partial charge >= 0.3 is 0 Å². The lowest BCUT2D eigenvalue weighted by Gasteiger charge is -2.11. The Morgan fingerprint density at radius 3 is 2.71 bits per heavy atom. The van der Waals surface area contributed by atoms with Gasteiger partial charge < -0.3 is 10.1 Å². The maximum atomic E-state index is 5.24. The van der Waals surface area contributed by atoms with Gasteiger partial charge in [0.25, 0.3) is 0 Å². The molecule has 110 valence electrons. The predicted molar refractivity (Wildman–Crippen MR) is 86.2 cm³/mol. The van der Waals surface area contributed by atoms with E-state index in [2.05, 4.69) is 43.3 Å². The van der Waals surface area contributed by atoms with E-state index in [1.807, 2.05) is 18.2 Å². The minimum Gasteiger partial charge on any atom is -0.380 e. The summed E-state index contributed by atoms with van der Waals surface area (Å²) >= 11 is 3.46. The fourth-order valence-corrected chi connectivity index (χ4v) is 2.66. The number of ether oxygens (including phenoxy) is 1. The van der Waals surface area contributed by atoms with Crippen LogP contribution in [0.15, 0.2) is 34.9 Å².